The molecule has 0 saturated heterocycles. The summed E-state index contributed by atoms with van der Waals surface area (Å²) < 4.78 is 16.4. The minimum absolute atomic E-state index is 0.213. The quantitative estimate of drug-likeness (QED) is 0.154. The number of rotatable bonds is 15. The van der Waals surface area contributed by atoms with Gasteiger partial charge in [0, 0.05) is 44.8 Å². The summed E-state index contributed by atoms with van der Waals surface area (Å²) in [6.45, 7) is 8.01. The highest BCUT2D eigenvalue weighted by molar-refractivity contribution is 6.76. The summed E-state index contributed by atoms with van der Waals surface area (Å²) in [5.41, 5.74) is 2.09. The number of amides is 3. The van der Waals surface area contributed by atoms with Crippen molar-refractivity contribution in [1.29, 1.82) is 0 Å². The third-order valence-corrected chi connectivity index (χ3v) is 9.94. The van der Waals surface area contributed by atoms with Crippen LogP contribution in [0.1, 0.15) is 66.1 Å². The minimum Gasteiger partial charge on any atom is -0.453 e. The van der Waals surface area contributed by atoms with Gasteiger partial charge in [-0.2, -0.15) is 0 Å². The van der Waals surface area contributed by atoms with Crippen LogP contribution in [-0.2, 0) is 14.2 Å². The van der Waals surface area contributed by atoms with Crippen LogP contribution < -0.4 is 10.6 Å². The predicted octanol–water partition coefficient (Wildman–Crippen LogP) is 7.28. The van der Waals surface area contributed by atoms with Crippen LogP contribution >= 0.6 is 11.6 Å². The van der Waals surface area contributed by atoms with Gasteiger partial charge in [-0.3, -0.25) is 4.79 Å². The van der Waals surface area contributed by atoms with Crippen molar-refractivity contribution in [3.8, 4) is 0 Å². The fraction of sp³-hybridized carbons (Fsp3) is 0.559. The number of alkyl carbamates (subject to hydrolysis) is 1. The zero-order chi connectivity index (χ0) is 32.8. The lowest BCUT2D eigenvalue weighted by Gasteiger charge is -2.30. The summed E-state index contributed by atoms with van der Waals surface area (Å²) in [5, 5.41) is 6.41. The monoisotopic (exact) mass is 659 g/mol. The summed E-state index contributed by atoms with van der Waals surface area (Å²) in [7, 11) is 1.72. The number of carbonyl (C=O) groups excluding carboxylic acids is 3. The molecule has 2 atom stereocenters. The highest BCUT2D eigenvalue weighted by Crippen LogP contribution is 2.30. The number of likely N-dealkylation sites (N-methyl/N-ethyl adjacent to an activating group) is 1. The van der Waals surface area contributed by atoms with Crippen LogP contribution in [0.5, 0.6) is 0 Å². The zero-order valence-corrected chi connectivity index (χ0v) is 29.2. The Kier molecular flexibility index (Phi) is 14.7. The molecule has 3 rings (SSSR count). The molecule has 248 valence electrons. The van der Waals surface area contributed by atoms with Gasteiger partial charge in [-0.15, -0.1) is 0 Å². The lowest BCUT2D eigenvalue weighted by Crippen LogP contribution is -2.45. The molecule has 1 aliphatic rings. The molecule has 1 unspecified atom stereocenters. The van der Waals surface area contributed by atoms with E-state index in [2.05, 4.69) is 35.0 Å². The maximum atomic E-state index is 13.7. The molecule has 0 radical (unpaired) electrons. The van der Waals surface area contributed by atoms with Gasteiger partial charge in [0.15, 0.2) is 0 Å². The molecule has 9 nitrogen and oxygen atoms in total. The third-order valence-electron chi connectivity index (χ3n) is 8.01. The summed E-state index contributed by atoms with van der Waals surface area (Å²) in [5.74, 6) is 0.293. The fourth-order valence-electron chi connectivity index (χ4n) is 5.53. The average Bonchev–Trinajstić information content (AvgIpc) is 3.00. The molecule has 0 bridgehead atoms. The van der Waals surface area contributed by atoms with Gasteiger partial charge in [0.25, 0.3) is 5.91 Å². The first-order valence-electron chi connectivity index (χ1n) is 15.9. The number of hydrogen-bond acceptors (Lipinski definition) is 6. The molecule has 0 heterocycles. The standard InChI is InChI=1S/C34H50ClN3O6Si/c1-38(34(41)44-19-20-45(3,4)5)24-30(21-25-11-7-6-8-12-25)37-32(39)28-15-9-13-26(22-28)31(27-14-10-16-29(35)23-27)43-18-17-36-33(40)42-2/h9-10,13-16,22-23,25,30-31H,6-8,11-12,17-21,24H2,1-5H3,(H,36,40)(H,37,39)/t30-,31?/m0/s1. The van der Waals surface area contributed by atoms with Gasteiger partial charge in [0.2, 0.25) is 0 Å². The van der Waals surface area contributed by atoms with Crippen molar-refractivity contribution in [2.24, 2.45) is 5.92 Å². The van der Waals surface area contributed by atoms with E-state index < -0.39 is 20.3 Å². The number of ether oxygens (including phenoxy) is 3. The second-order valence-electron chi connectivity index (χ2n) is 13.1. The molecule has 0 spiro atoms. The first-order chi connectivity index (χ1) is 21.4. The van der Waals surface area contributed by atoms with E-state index in [0.29, 0.717) is 29.7 Å². The first-order valence-corrected chi connectivity index (χ1v) is 20.0. The van der Waals surface area contributed by atoms with Crippen molar-refractivity contribution in [3.05, 3.63) is 70.2 Å². The van der Waals surface area contributed by atoms with Gasteiger partial charge in [-0.25, -0.2) is 9.59 Å². The SMILES string of the molecule is COC(=O)NCCOC(c1cccc(Cl)c1)c1cccc(C(=O)N[C@@H](CC2CCCCC2)CN(C)C(=O)OCC[Si](C)(C)C)c1. The Morgan fingerprint density at radius 2 is 1.69 bits per heavy atom. The Morgan fingerprint density at radius 3 is 2.36 bits per heavy atom. The minimum atomic E-state index is -1.32. The number of nitrogens with zero attached hydrogens (tertiary/aromatic N) is 1. The second-order valence-corrected chi connectivity index (χ2v) is 19.1. The van der Waals surface area contributed by atoms with E-state index in [1.165, 1.54) is 26.4 Å². The highest BCUT2D eigenvalue weighted by atomic mass is 35.5. The highest BCUT2D eigenvalue weighted by Gasteiger charge is 2.25. The van der Waals surface area contributed by atoms with Crippen molar-refractivity contribution in [2.45, 2.75) is 76.4 Å². The number of hydrogen-bond donors (Lipinski definition) is 2. The molecular formula is C34H50ClN3O6Si. The Balaban J connectivity index is 1.75. The molecule has 2 aromatic carbocycles. The van der Waals surface area contributed by atoms with E-state index in [1.807, 2.05) is 36.4 Å². The average molecular weight is 660 g/mol. The van der Waals surface area contributed by atoms with Gasteiger partial charge in [-0.05, 0) is 53.8 Å². The van der Waals surface area contributed by atoms with E-state index in [4.69, 9.17) is 21.1 Å². The molecule has 1 aliphatic carbocycles. The smallest absolute Gasteiger partial charge is 0.409 e. The van der Waals surface area contributed by atoms with E-state index in [0.717, 1.165) is 36.4 Å². The van der Waals surface area contributed by atoms with Gasteiger partial charge >= 0.3 is 12.2 Å². The molecule has 2 aromatic rings. The van der Waals surface area contributed by atoms with Gasteiger partial charge in [-0.1, -0.05) is 87.6 Å². The van der Waals surface area contributed by atoms with Crippen molar-refractivity contribution in [3.63, 3.8) is 0 Å². The molecule has 45 heavy (non-hydrogen) atoms. The maximum absolute atomic E-state index is 13.7. The maximum Gasteiger partial charge on any atom is 0.409 e. The molecule has 3 amide bonds. The van der Waals surface area contributed by atoms with Crippen molar-refractivity contribution in [1.82, 2.24) is 15.5 Å². The number of methoxy groups -OCH3 is 1. The van der Waals surface area contributed by atoms with Crippen molar-refractivity contribution >= 4 is 37.8 Å². The van der Waals surface area contributed by atoms with Crippen molar-refractivity contribution in [2.75, 3.05) is 40.5 Å². The van der Waals surface area contributed by atoms with Crippen LogP contribution in [-0.4, -0.2) is 77.6 Å². The topological polar surface area (TPSA) is 106 Å². The van der Waals surface area contributed by atoms with Crippen LogP contribution in [0, 0.1) is 5.92 Å². The number of benzene rings is 2. The van der Waals surface area contributed by atoms with Gasteiger partial charge < -0.3 is 29.7 Å². The first kappa shape index (κ1) is 36.4. The lowest BCUT2D eigenvalue weighted by molar-refractivity contribution is 0.0803. The van der Waals surface area contributed by atoms with Gasteiger partial charge in [0.05, 0.1) is 20.3 Å². The van der Waals surface area contributed by atoms with Crippen LogP contribution in [0.25, 0.3) is 0 Å². The predicted molar refractivity (Wildman–Crippen MR) is 181 cm³/mol. The van der Waals surface area contributed by atoms with Gasteiger partial charge in [0.1, 0.15) is 6.10 Å². The summed E-state index contributed by atoms with van der Waals surface area (Å²) in [4.78, 5) is 39.6. The molecule has 0 aromatic heterocycles. The molecular weight excluding hydrogens is 610 g/mol. The Bertz CT molecular complexity index is 1250. The number of halogens is 1. The largest absolute Gasteiger partial charge is 0.453 e. The number of nitrogens with one attached hydrogen (secondary N) is 2. The second kappa shape index (κ2) is 18.2. The Hall–Kier alpha value is -3.08. The summed E-state index contributed by atoms with van der Waals surface area (Å²) >= 11 is 6.30. The Labute approximate surface area is 274 Å². The molecule has 11 heteroatoms. The molecule has 1 fully saturated rings. The van der Waals surface area contributed by atoms with Crippen LogP contribution in [0.15, 0.2) is 48.5 Å². The summed E-state index contributed by atoms with van der Waals surface area (Å²) in [6, 6.07) is 15.4. The van der Waals surface area contributed by atoms with Crippen LogP contribution in [0.3, 0.4) is 0 Å². The van der Waals surface area contributed by atoms with E-state index in [-0.39, 0.29) is 31.2 Å². The number of carbonyl (C=O) groups is 3. The molecule has 1 saturated carbocycles. The van der Waals surface area contributed by atoms with Crippen LogP contribution in [0.4, 0.5) is 9.59 Å². The third kappa shape index (κ3) is 13.0. The Morgan fingerprint density at radius 1 is 1.00 bits per heavy atom. The molecule has 2 N–H and O–H groups in total. The van der Waals surface area contributed by atoms with E-state index in [1.54, 1.807) is 24.1 Å². The zero-order valence-electron chi connectivity index (χ0n) is 27.4. The normalized spacial score (nSPS) is 15.1. The van der Waals surface area contributed by atoms with Crippen molar-refractivity contribution < 1.29 is 28.6 Å². The van der Waals surface area contributed by atoms with E-state index in [9.17, 15) is 14.4 Å². The fourth-order valence-corrected chi connectivity index (χ4v) is 6.45. The van der Waals surface area contributed by atoms with E-state index >= 15 is 0 Å². The summed E-state index contributed by atoms with van der Waals surface area (Å²) in [6.07, 6.45) is 5.30. The lowest BCUT2D eigenvalue weighted by atomic mass is 9.84. The van der Waals surface area contributed by atoms with Crippen LogP contribution in [0.2, 0.25) is 30.7 Å². The molecule has 0 aliphatic heterocycles.